The molecule has 1 aromatic heterocycles. The minimum atomic E-state index is -0.338. The van der Waals surface area contributed by atoms with Crippen molar-refractivity contribution in [3.63, 3.8) is 0 Å². The summed E-state index contributed by atoms with van der Waals surface area (Å²) >= 11 is 0. The molecule has 1 fully saturated rings. The van der Waals surface area contributed by atoms with Crippen molar-refractivity contribution in [3.8, 4) is 0 Å². The number of carbonyl (C=O) groups is 1. The summed E-state index contributed by atoms with van der Waals surface area (Å²) in [6.45, 7) is 1.66. The molecule has 1 unspecified atom stereocenters. The Morgan fingerprint density at radius 2 is 2.12 bits per heavy atom. The zero-order valence-corrected chi connectivity index (χ0v) is 13.7. The van der Waals surface area contributed by atoms with Crippen molar-refractivity contribution < 1.29 is 9.53 Å². The maximum Gasteiger partial charge on any atom is 0.312 e. The molecule has 0 saturated carbocycles. The van der Waals surface area contributed by atoms with Gasteiger partial charge in [-0.1, -0.05) is 35.4 Å². The molecule has 2 heterocycles. The second-order valence-electron chi connectivity index (χ2n) is 5.80. The smallest absolute Gasteiger partial charge is 0.312 e. The molecule has 1 saturated heterocycles. The summed E-state index contributed by atoms with van der Waals surface area (Å²) < 4.78 is 5.24. The van der Waals surface area contributed by atoms with E-state index in [1.54, 1.807) is 6.07 Å². The fourth-order valence-electron chi connectivity index (χ4n) is 2.67. The van der Waals surface area contributed by atoms with E-state index in [0.29, 0.717) is 12.2 Å². The molecule has 0 amide bonds. The van der Waals surface area contributed by atoms with E-state index in [2.05, 4.69) is 20.2 Å². The molecule has 8 nitrogen and oxygen atoms in total. The van der Waals surface area contributed by atoms with Crippen molar-refractivity contribution in [1.29, 1.82) is 0 Å². The van der Waals surface area contributed by atoms with Crippen LogP contribution in [0.3, 0.4) is 0 Å². The van der Waals surface area contributed by atoms with E-state index in [1.165, 1.54) is 0 Å². The minimum Gasteiger partial charge on any atom is -0.461 e. The molecule has 2 aromatic rings. The number of benzene rings is 1. The molecule has 0 N–H and O–H groups in total. The predicted molar refractivity (Wildman–Crippen MR) is 91.7 cm³/mol. The van der Waals surface area contributed by atoms with Gasteiger partial charge >= 0.3 is 5.97 Å². The van der Waals surface area contributed by atoms with Gasteiger partial charge in [0.15, 0.2) is 5.82 Å². The summed E-state index contributed by atoms with van der Waals surface area (Å²) in [6, 6.07) is 13.1. The zero-order chi connectivity index (χ0) is 17.5. The molecule has 0 bridgehead atoms. The monoisotopic (exact) mass is 338 g/mol. The van der Waals surface area contributed by atoms with Crippen LogP contribution in [0.4, 0.5) is 5.82 Å². The Balaban J connectivity index is 1.50. The van der Waals surface area contributed by atoms with Crippen LogP contribution in [0.2, 0.25) is 0 Å². The average molecular weight is 338 g/mol. The number of nitrogens with zero attached hydrogens (tertiary/aromatic N) is 6. The molecule has 1 aliphatic rings. The van der Waals surface area contributed by atoms with Crippen LogP contribution in [0.25, 0.3) is 10.4 Å². The molecule has 0 radical (unpaired) electrons. The number of aromatic nitrogens is 2. The lowest BCUT2D eigenvalue weighted by Crippen LogP contribution is -2.22. The number of rotatable bonds is 6. The Morgan fingerprint density at radius 1 is 1.28 bits per heavy atom. The van der Waals surface area contributed by atoms with Gasteiger partial charge in [0.05, 0.1) is 18.2 Å². The van der Waals surface area contributed by atoms with Gasteiger partial charge in [0.25, 0.3) is 0 Å². The molecule has 128 valence electrons. The zero-order valence-electron chi connectivity index (χ0n) is 13.7. The van der Waals surface area contributed by atoms with Crippen molar-refractivity contribution in [2.75, 3.05) is 18.0 Å². The first-order chi connectivity index (χ1) is 12.2. The van der Waals surface area contributed by atoms with Gasteiger partial charge in [-0.3, -0.25) is 4.79 Å². The summed E-state index contributed by atoms with van der Waals surface area (Å²) in [5, 5.41) is 12.0. The van der Waals surface area contributed by atoms with Gasteiger partial charge in [-0.2, -0.15) is 5.10 Å². The average Bonchev–Trinajstić information content (AvgIpc) is 3.10. The van der Waals surface area contributed by atoms with Crippen molar-refractivity contribution in [3.05, 3.63) is 64.2 Å². The highest BCUT2D eigenvalue weighted by atomic mass is 16.5. The van der Waals surface area contributed by atoms with E-state index in [0.717, 1.165) is 24.3 Å². The van der Waals surface area contributed by atoms with E-state index in [-0.39, 0.29) is 25.0 Å². The van der Waals surface area contributed by atoms with Crippen LogP contribution in [0.15, 0.2) is 47.6 Å². The van der Waals surface area contributed by atoms with Gasteiger partial charge in [-0.05, 0) is 29.6 Å². The molecule has 25 heavy (non-hydrogen) atoms. The minimum absolute atomic E-state index is 0.0283. The standard InChI is InChI=1S/C17H18N6O2/c18-22-20-15-8-9-23(11-15)16-7-6-14(19-21-16)10-17(24)25-12-13-4-2-1-3-5-13/h1-7,15H,8-12H2. The summed E-state index contributed by atoms with van der Waals surface area (Å²) in [5.41, 5.74) is 10.00. The Bertz CT molecular complexity index is 758. The normalized spacial score (nSPS) is 16.3. The maximum absolute atomic E-state index is 11.9. The van der Waals surface area contributed by atoms with Gasteiger partial charge in [0.2, 0.25) is 0 Å². The summed E-state index contributed by atoms with van der Waals surface area (Å²) in [5.74, 6) is 0.382. The molecule has 1 aliphatic heterocycles. The molecule has 3 rings (SSSR count). The van der Waals surface area contributed by atoms with Crippen molar-refractivity contribution in [1.82, 2.24) is 10.2 Å². The van der Waals surface area contributed by atoms with Gasteiger partial charge in [0, 0.05) is 18.0 Å². The van der Waals surface area contributed by atoms with Crippen LogP contribution >= 0.6 is 0 Å². The summed E-state index contributed by atoms with van der Waals surface area (Å²) in [4.78, 5) is 16.8. The number of ether oxygens (including phenoxy) is 1. The van der Waals surface area contributed by atoms with Crippen molar-refractivity contribution >= 4 is 11.8 Å². The van der Waals surface area contributed by atoms with Gasteiger partial charge < -0.3 is 9.64 Å². The molecule has 1 atom stereocenters. The molecule has 0 spiro atoms. The van der Waals surface area contributed by atoms with E-state index in [4.69, 9.17) is 10.3 Å². The Labute approximate surface area is 145 Å². The molecular formula is C17H18N6O2. The third kappa shape index (κ3) is 4.68. The SMILES string of the molecule is [N-]=[N+]=NC1CCN(c2ccc(CC(=O)OCc3ccccc3)nn2)C1. The first kappa shape index (κ1) is 16.7. The molecule has 8 heteroatoms. The number of azide groups is 1. The lowest BCUT2D eigenvalue weighted by atomic mass is 10.2. The van der Waals surface area contributed by atoms with Gasteiger partial charge in [0.1, 0.15) is 6.61 Å². The number of anilines is 1. The quantitative estimate of drug-likeness (QED) is 0.348. The third-order valence-electron chi connectivity index (χ3n) is 3.98. The molecule has 0 aliphatic carbocycles. The molecule has 1 aromatic carbocycles. The highest BCUT2D eigenvalue weighted by Gasteiger charge is 2.22. The predicted octanol–water partition coefficient (Wildman–Crippen LogP) is 2.65. The first-order valence-electron chi connectivity index (χ1n) is 8.06. The third-order valence-corrected chi connectivity index (χ3v) is 3.98. The lowest BCUT2D eigenvalue weighted by molar-refractivity contribution is -0.144. The van der Waals surface area contributed by atoms with Crippen LogP contribution in [0.5, 0.6) is 0 Å². The van der Waals surface area contributed by atoms with Gasteiger partial charge in [-0.25, -0.2) is 0 Å². The fourth-order valence-corrected chi connectivity index (χ4v) is 2.67. The number of hydrogen-bond donors (Lipinski definition) is 0. The van der Waals surface area contributed by atoms with E-state index in [9.17, 15) is 4.79 Å². The van der Waals surface area contributed by atoms with E-state index in [1.807, 2.05) is 41.3 Å². The van der Waals surface area contributed by atoms with Crippen LogP contribution in [-0.2, 0) is 22.6 Å². The largest absolute Gasteiger partial charge is 0.461 e. The fraction of sp³-hybridized carbons (Fsp3) is 0.353. The van der Waals surface area contributed by atoms with E-state index >= 15 is 0 Å². The summed E-state index contributed by atoms with van der Waals surface area (Å²) in [7, 11) is 0. The Hall–Kier alpha value is -3.12. The summed E-state index contributed by atoms with van der Waals surface area (Å²) in [6.07, 6.45) is 0.890. The highest BCUT2D eigenvalue weighted by molar-refractivity contribution is 5.72. The van der Waals surface area contributed by atoms with Crippen LogP contribution in [-0.4, -0.2) is 35.3 Å². The van der Waals surface area contributed by atoms with Crippen LogP contribution in [0.1, 0.15) is 17.7 Å². The van der Waals surface area contributed by atoms with Crippen LogP contribution < -0.4 is 4.90 Å². The van der Waals surface area contributed by atoms with Crippen LogP contribution in [0, 0.1) is 0 Å². The van der Waals surface area contributed by atoms with Crippen molar-refractivity contribution in [2.45, 2.75) is 25.5 Å². The highest BCUT2D eigenvalue weighted by Crippen LogP contribution is 2.19. The number of esters is 1. The second-order valence-corrected chi connectivity index (χ2v) is 5.80. The maximum atomic E-state index is 11.9. The Kier molecular flexibility index (Phi) is 5.43. The first-order valence-corrected chi connectivity index (χ1v) is 8.06. The topological polar surface area (TPSA) is 104 Å². The lowest BCUT2D eigenvalue weighted by Gasteiger charge is -2.15. The van der Waals surface area contributed by atoms with E-state index < -0.39 is 0 Å². The van der Waals surface area contributed by atoms with Crippen molar-refractivity contribution in [2.24, 2.45) is 5.11 Å². The molecular weight excluding hydrogens is 320 g/mol. The number of hydrogen-bond acceptors (Lipinski definition) is 6. The Morgan fingerprint density at radius 3 is 2.84 bits per heavy atom. The number of carbonyl (C=O) groups excluding carboxylic acids is 1. The second kappa shape index (κ2) is 8.12. The van der Waals surface area contributed by atoms with Gasteiger partial charge in [-0.15, -0.1) is 5.10 Å².